The van der Waals surface area contributed by atoms with E-state index < -0.39 is 0 Å². The van der Waals surface area contributed by atoms with Crippen LogP contribution in [0.1, 0.15) is 112 Å². The first-order chi connectivity index (χ1) is 15.8. The lowest BCUT2D eigenvalue weighted by atomic mass is 9.77. The Morgan fingerprint density at radius 2 is 1.64 bits per heavy atom. The van der Waals surface area contributed by atoms with Crippen molar-refractivity contribution in [3.8, 4) is 11.5 Å². The largest absolute Gasteiger partial charge is 0.496 e. The minimum atomic E-state index is -0.299. The highest BCUT2D eigenvalue weighted by Crippen LogP contribution is 2.39. The number of hydrogen-bond donors (Lipinski definition) is 0. The molecule has 0 N–H and O–H groups in total. The zero-order valence-electron chi connectivity index (χ0n) is 22.9. The van der Waals surface area contributed by atoms with E-state index in [1.165, 1.54) is 31.8 Å². The second kappa shape index (κ2) is 17.7. The zero-order chi connectivity index (χ0) is 25.3. The predicted octanol–water partition coefficient (Wildman–Crippen LogP) is 10.2. The molecule has 0 atom stereocenters. The van der Waals surface area contributed by atoms with Gasteiger partial charge in [-0.25, -0.2) is 4.39 Å². The number of hydrogen-bond acceptors (Lipinski definition) is 2. The van der Waals surface area contributed by atoms with E-state index in [4.69, 9.17) is 9.47 Å². The average molecular weight is 463 g/mol. The van der Waals surface area contributed by atoms with Gasteiger partial charge in [-0.05, 0) is 55.2 Å². The van der Waals surface area contributed by atoms with Gasteiger partial charge in [0.05, 0.1) is 19.3 Å². The smallest absolute Gasteiger partial charge is 0.130 e. The predicted molar refractivity (Wildman–Crippen MR) is 144 cm³/mol. The van der Waals surface area contributed by atoms with E-state index in [9.17, 15) is 4.39 Å². The second-order valence-electron chi connectivity index (χ2n) is 9.48. The zero-order valence-corrected chi connectivity index (χ0v) is 22.9. The lowest BCUT2D eigenvalue weighted by Gasteiger charge is -2.29. The summed E-state index contributed by atoms with van der Waals surface area (Å²) in [6.45, 7) is 19.7. The molecule has 0 aliphatic heterocycles. The van der Waals surface area contributed by atoms with Crippen LogP contribution in [-0.4, -0.2) is 13.7 Å². The van der Waals surface area contributed by atoms with Crippen LogP contribution < -0.4 is 9.47 Å². The number of benzene rings is 1. The van der Waals surface area contributed by atoms with Crippen LogP contribution in [0.5, 0.6) is 11.5 Å². The maximum absolute atomic E-state index is 14.6. The molecule has 1 rings (SSSR count). The number of unbranched alkanes of at least 4 members (excludes halogenated alkanes) is 5. The Labute approximate surface area is 204 Å². The van der Waals surface area contributed by atoms with Crippen molar-refractivity contribution < 1.29 is 13.9 Å². The average Bonchev–Trinajstić information content (AvgIpc) is 2.82. The fourth-order valence-electron chi connectivity index (χ4n) is 3.62. The van der Waals surface area contributed by atoms with E-state index in [1.54, 1.807) is 7.11 Å². The van der Waals surface area contributed by atoms with Crippen LogP contribution in [0.4, 0.5) is 4.39 Å². The molecular weight excluding hydrogens is 411 g/mol. The van der Waals surface area contributed by atoms with E-state index in [-0.39, 0.29) is 5.83 Å². The number of ether oxygens (including phenoxy) is 2. The van der Waals surface area contributed by atoms with Crippen LogP contribution in [0.2, 0.25) is 0 Å². The fraction of sp³-hybridized carbons (Fsp3) is 0.667. The summed E-state index contributed by atoms with van der Waals surface area (Å²) in [4.78, 5) is 0. The lowest BCUT2D eigenvalue weighted by molar-refractivity contribution is 0.220. The molecule has 3 heteroatoms. The Bertz CT molecular complexity index is 689. The SMILES string of the molecule is C=C/C(F)=C(/CCCC)c1c(OC)cccc1OCCCCCCCC(C)(C)C(C)C.CC. The van der Waals surface area contributed by atoms with Crippen molar-refractivity contribution in [2.75, 3.05) is 13.7 Å². The fourth-order valence-corrected chi connectivity index (χ4v) is 3.62. The van der Waals surface area contributed by atoms with Crippen molar-refractivity contribution >= 4 is 5.57 Å². The van der Waals surface area contributed by atoms with Crippen molar-refractivity contribution in [1.29, 1.82) is 0 Å². The normalized spacial score (nSPS) is 12.1. The molecule has 0 amide bonds. The van der Waals surface area contributed by atoms with Crippen molar-refractivity contribution in [3.63, 3.8) is 0 Å². The van der Waals surface area contributed by atoms with Gasteiger partial charge >= 0.3 is 0 Å². The Balaban J connectivity index is 0.00000497. The highest BCUT2D eigenvalue weighted by Gasteiger charge is 2.21. The van der Waals surface area contributed by atoms with Crippen molar-refractivity contribution in [1.82, 2.24) is 0 Å². The minimum absolute atomic E-state index is 0.299. The standard InChI is InChI=1S/C28H45FO2.C2H6/c1-8-10-17-23(24(29)9-2)27-25(30-7)18-16-19-26(27)31-21-15-13-11-12-14-20-28(5,6)22(3)4;1-2/h9,16,18-19,22H,2,8,10-15,17,20-21H2,1,3-7H3;1-2H3/b24-23+;. The maximum atomic E-state index is 14.6. The summed E-state index contributed by atoms with van der Waals surface area (Å²) >= 11 is 0. The molecule has 0 aromatic heterocycles. The third kappa shape index (κ3) is 11.3. The van der Waals surface area contributed by atoms with Gasteiger partial charge in [-0.15, -0.1) is 0 Å². The van der Waals surface area contributed by atoms with Crippen LogP contribution in [-0.2, 0) is 0 Å². The quantitative estimate of drug-likeness (QED) is 0.180. The summed E-state index contributed by atoms with van der Waals surface area (Å²) in [5.41, 5.74) is 1.78. The molecule has 0 saturated carbocycles. The molecule has 0 fully saturated rings. The molecule has 0 saturated heterocycles. The number of allylic oxidation sites excluding steroid dienone is 3. The van der Waals surface area contributed by atoms with Crippen molar-refractivity contribution in [3.05, 3.63) is 42.2 Å². The summed E-state index contributed by atoms with van der Waals surface area (Å²) in [6, 6.07) is 5.68. The highest BCUT2D eigenvalue weighted by atomic mass is 19.1. The van der Waals surface area contributed by atoms with Crippen molar-refractivity contribution in [2.45, 2.75) is 106 Å². The molecule has 0 radical (unpaired) electrons. The van der Waals surface area contributed by atoms with E-state index in [1.807, 2.05) is 32.0 Å². The second-order valence-corrected chi connectivity index (χ2v) is 9.48. The molecule has 2 nitrogen and oxygen atoms in total. The van der Waals surface area contributed by atoms with E-state index in [2.05, 4.69) is 41.2 Å². The molecule has 33 heavy (non-hydrogen) atoms. The summed E-state index contributed by atoms with van der Waals surface area (Å²) in [6.07, 6.45) is 11.1. The topological polar surface area (TPSA) is 18.5 Å². The van der Waals surface area contributed by atoms with Gasteiger partial charge in [-0.2, -0.15) is 0 Å². The van der Waals surface area contributed by atoms with Crippen LogP contribution in [0.25, 0.3) is 5.57 Å². The van der Waals surface area contributed by atoms with E-state index >= 15 is 0 Å². The van der Waals surface area contributed by atoms with Crippen LogP contribution in [0.15, 0.2) is 36.7 Å². The van der Waals surface area contributed by atoms with Gasteiger partial charge in [0.2, 0.25) is 0 Å². The lowest BCUT2D eigenvalue weighted by Crippen LogP contribution is -2.18. The molecule has 0 unspecified atom stereocenters. The molecule has 1 aromatic rings. The number of rotatable bonds is 16. The number of halogens is 1. The van der Waals surface area contributed by atoms with Gasteiger partial charge in [-0.3, -0.25) is 0 Å². The Kier molecular flexibility index (Phi) is 16.7. The summed E-state index contributed by atoms with van der Waals surface area (Å²) in [5.74, 6) is 1.77. The van der Waals surface area contributed by atoms with Gasteiger partial charge in [0, 0.05) is 5.57 Å². The Morgan fingerprint density at radius 1 is 1.03 bits per heavy atom. The summed E-state index contributed by atoms with van der Waals surface area (Å²) < 4.78 is 26.3. The Morgan fingerprint density at radius 3 is 2.21 bits per heavy atom. The van der Waals surface area contributed by atoms with Crippen LogP contribution in [0, 0.1) is 11.3 Å². The monoisotopic (exact) mass is 462 g/mol. The third-order valence-corrected chi connectivity index (χ3v) is 6.54. The van der Waals surface area contributed by atoms with Gasteiger partial charge in [0.1, 0.15) is 17.3 Å². The third-order valence-electron chi connectivity index (χ3n) is 6.54. The molecule has 190 valence electrons. The minimum Gasteiger partial charge on any atom is -0.496 e. The molecule has 0 aliphatic rings. The van der Waals surface area contributed by atoms with E-state index in [0.29, 0.717) is 35.5 Å². The van der Waals surface area contributed by atoms with Crippen LogP contribution in [0.3, 0.4) is 0 Å². The first kappa shape index (κ1) is 31.2. The molecular formula is C30H51FO2. The van der Waals surface area contributed by atoms with Crippen LogP contribution >= 0.6 is 0 Å². The van der Waals surface area contributed by atoms with Gasteiger partial charge in [-0.1, -0.05) is 93.2 Å². The van der Waals surface area contributed by atoms with Gasteiger partial charge in [0.25, 0.3) is 0 Å². The molecule has 0 bridgehead atoms. The number of methoxy groups -OCH3 is 1. The molecule has 0 heterocycles. The van der Waals surface area contributed by atoms with Crippen molar-refractivity contribution in [2.24, 2.45) is 11.3 Å². The first-order valence-corrected chi connectivity index (χ1v) is 13.1. The molecule has 0 spiro atoms. The van der Waals surface area contributed by atoms with Gasteiger partial charge < -0.3 is 9.47 Å². The molecule has 0 aliphatic carbocycles. The van der Waals surface area contributed by atoms with E-state index in [0.717, 1.165) is 37.2 Å². The molecule has 1 aromatic carbocycles. The summed E-state index contributed by atoms with van der Waals surface area (Å²) in [7, 11) is 1.62. The maximum Gasteiger partial charge on any atom is 0.130 e. The Hall–Kier alpha value is -1.77. The highest BCUT2D eigenvalue weighted by molar-refractivity contribution is 5.78. The van der Waals surface area contributed by atoms with Gasteiger partial charge in [0.15, 0.2) is 0 Å². The first-order valence-electron chi connectivity index (χ1n) is 13.1. The summed E-state index contributed by atoms with van der Waals surface area (Å²) in [5, 5.41) is 0.